The van der Waals surface area contributed by atoms with Crippen LogP contribution in [0.1, 0.15) is 26.7 Å². The Morgan fingerprint density at radius 2 is 2.40 bits per heavy atom. The van der Waals surface area contributed by atoms with Crippen molar-refractivity contribution < 1.29 is 9.53 Å². The summed E-state index contributed by atoms with van der Waals surface area (Å²) in [5, 5.41) is 3.33. The molecule has 1 unspecified atom stereocenters. The minimum atomic E-state index is -0.0596. The van der Waals surface area contributed by atoms with Gasteiger partial charge < -0.3 is 10.1 Å². The molecular weight excluding hydrogens is 210 g/mol. The molecule has 0 aliphatic carbocycles. The zero-order chi connectivity index (χ0) is 11.1. The fourth-order valence-corrected chi connectivity index (χ4v) is 2.37. The molecule has 1 fully saturated rings. The minimum absolute atomic E-state index is 0.0596. The van der Waals surface area contributed by atoms with E-state index in [4.69, 9.17) is 4.74 Å². The maximum absolute atomic E-state index is 11.4. The third-order valence-corrected chi connectivity index (χ3v) is 3.50. The van der Waals surface area contributed by atoms with Crippen LogP contribution in [0.3, 0.4) is 0 Å². The molecule has 1 aliphatic rings. The smallest absolute Gasteiger partial charge is 0.307 e. The summed E-state index contributed by atoms with van der Waals surface area (Å²) in [6.45, 7) is 5.84. The highest BCUT2D eigenvalue weighted by molar-refractivity contribution is 7.99. The average molecular weight is 231 g/mol. The number of hydrogen-bond donors (Lipinski definition) is 1. The van der Waals surface area contributed by atoms with Crippen molar-refractivity contribution in [1.82, 2.24) is 5.32 Å². The molecule has 4 heteroatoms. The van der Waals surface area contributed by atoms with Gasteiger partial charge in [-0.3, -0.25) is 4.79 Å². The fraction of sp³-hybridized carbons (Fsp3) is 0.909. The summed E-state index contributed by atoms with van der Waals surface area (Å²) in [5.74, 6) is 2.72. The van der Waals surface area contributed by atoms with Crippen LogP contribution in [-0.2, 0) is 9.53 Å². The molecular formula is C11H21NO2S. The van der Waals surface area contributed by atoms with Crippen LogP contribution in [0, 0.1) is 5.92 Å². The van der Waals surface area contributed by atoms with Crippen LogP contribution in [0.2, 0.25) is 0 Å². The number of ether oxygens (including phenoxy) is 1. The van der Waals surface area contributed by atoms with E-state index in [1.165, 1.54) is 0 Å². The van der Waals surface area contributed by atoms with Crippen molar-refractivity contribution in [3.8, 4) is 0 Å². The molecule has 1 heterocycles. The zero-order valence-corrected chi connectivity index (χ0v) is 10.4. The van der Waals surface area contributed by atoms with Gasteiger partial charge in [0.25, 0.3) is 0 Å². The quantitative estimate of drug-likeness (QED) is 0.731. The largest absolute Gasteiger partial charge is 0.466 e. The first-order chi connectivity index (χ1) is 7.18. The predicted octanol–water partition coefficient (Wildman–Crippen LogP) is 1.67. The summed E-state index contributed by atoms with van der Waals surface area (Å²) >= 11 is 1.90. The van der Waals surface area contributed by atoms with E-state index in [9.17, 15) is 4.79 Å². The van der Waals surface area contributed by atoms with E-state index in [0.29, 0.717) is 25.0 Å². The molecule has 1 atom stereocenters. The highest BCUT2D eigenvalue weighted by Gasteiger charge is 2.17. The summed E-state index contributed by atoms with van der Waals surface area (Å²) in [6, 6.07) is 0.315. The number of hydrogen-bond acceptors (Lipinski definition) is 4. The molecule has 1 rings (SSSR count). The molecule has 0 amide bonds. The van der Waals surface area contributed by atoms with Crippen molar-refractivity contribution in [3.05, 3.63) is 0 Å². The monoisotopic (exact) mass is 231 g/mol. The van der Waals surface area contributed by atoms with Crippen LogP contribution >= 0.6 is 11.8 Å². The third-order valence-electron chi connectivity index (χ3n) is 2.37. The zero-order valence-electron chi connectivity index (χ0n) is 9.62. The Balaban J connectivity index is 2.06. The lowest BCUT2D eigenvalue weighted by atomic mass is 10.1. The lowest BCUT2D eigenvalue weighted by Crippen LogP contribution is -2.39. The van der Waals surface area contributed by atoms with Crippen molar-refractivity contribution in [1.29, 1.82) is 0 Å². The van der Waals surface area contributed by atoms with E-state index >= 15 is 0 Å². The van der Waals surface area contributed by atoms with E-state index in [1.54, 1.807) is 0 Å². The van der Waals surface area contributed by atoms with E-state index in [1.807, 2.05) is 11.8 Å². The van der Waals surface area contributed by atoms with E-state index in [2.05, 4.69) is 19.2 Å². The van der Waals surface area contributed by atoms with Crippen LogP contribution in [0.15, 0.2) is 0 Å². The maximum Gasteiger partial charge on any atom is 0.307 e. The normalized spacial score (nSPS) is 21.7. The molecule has 0 radical (unpaired) electrons. The lowest BCUT2D eigenvalue weighted by Gasteiger charge is -2.22. The van der Waals surface area contributed by atoms with Gasteiger partial charge in [0.15, 0.2) is 0 Å². The number of esters is 1. The van der Waals surface area contributed by atoms with E-state index < -0.39 is 0 Å². The first-order valence-electron chi connectivity index (χ1n) is 5.65. The van der Waals surface area contributed by atoms with Crippen molar-refractivity contribution in [3.63, 3.8) is 0 Å². The number of thioether (sulfide) groups is 1. The van der Waals surface area contributed by atoms with Crippen LogP contribution in [-0.4, -0.2) is 36.7 Å². The van der Waals surface area contributed by atoms with E-state index in [0.717, 1.165) is 24.5 Å². The molecule has 0 bridgehead atoms. The molecule has 0 aromatic heterocycles. The molecule has 3 nitrogen and oxygen atoms in total. The van der Waals surface area contributed by atoms with Crippen molar-refractivity contribution in [2.75, 3.05) is 24.7 Å². The van der Waals surface area contributed by atoms with Gasteiger partial charge in [-0.15, -0.1) is 0 Å². The van der Waals surface area contributed by atoms with Gasteiger partial charge in [0.2, 0.25) is 0 Å². The van der Waals surface area contributed by atoms with Crippen molar-refractivity contribution in [2.45, 2.75) is 32.7 Å². The number of rotatable bonds is 5. The second-order valence-electron chi connectivity index (χ2n) is 4.33. The average Bonchev–Trinajstić information content (AvgIpc) is 2.18. The molecule has 1 aliphatic heterocycles. The third kappa shape index (κ3) is 6.05. The maximum atomic E-state index is 11.4. The van der Waals surface area contributed by atoms with Crippen LogP contribution in [0.5, 0.6) is 0 Å². The minimum Gasteiger partial charge on any atom is -0.466 e. The Morgan fingerprint density at radius 1 is 1.60 bits per heavy atom. The van der Waals surface area contributed by atoms with Crippen LogP contribution in [0.4, 0.5) is 0 Å². The Hall–Kier alpha value is -0.220. The topological polar surface area (TPSA) is 38.3 Å². The summed E-state index contributed by atoms with van der Waals surface area (Å²) < 4.78 is 5.17. The number of carbonyl (C=O) groups is 1. The molecule has 0 aromatic rings. The molecule has 0 saturated carbocycles. The molecule has 0 spiro atoms. The summed E-state index contributed by atoms with van der Waals surface area (Å²) in [5.41, 5.74) is 0. The molecule has 1 N–H and O–H groups in total. The second-order valence-corrected chi connectivity index (χ2v) is 5.48. The highest BCUT2D eigenvalue weighted by Crippen LogP contribution is 2.11. The lowest BCUT2D eigenvalue weighted by molar-refractivity contribution is -0.144. The Morgan fingerprint density at radius 3 is 3.00 bits per heavy atom. The van der Waals surface area contributed by atoms with Gasteiger partial charge in [-0.2, -0.15) is 11.8 Å². The SMILES string of the molecule is CC(C)CCOC(=O)CC1CSCCN1. The number of nitrogens with one attached hydrogen (secondary N) is 1. The first-order valence-corrected chi connectivity index (χ1v) is 6.80. The van der Waals surface area contributed by atoms with Crippen LogP contribution in [0.25, 0.3) is 0 Å². The summed E-state index contributed by atoms with van der Waals surface area (Å²) in [4.78, 5) is 11.4. The van der Waals surface area contributed by atoms with Gasteiger partial charge in [-0.05, 0) is 12.3 Å². The Kier molecular flexibility index (Phi) is 6.10. The van der Waals surface area contributed by atoms with Crippen molar-refractivity contribution >= 4 is 17.7 Å². The standard InChI is InChI=1S/C11H21NO2S/c1-9(2)3-5-14-11(13)7-10-8-15-6-4-12-10/h9-10,12H,3-8H2,1-2H3. The molecule has 1 saturated heterocycles. The fourth-order valence-electron chi connectivity index (χ4n) is 1.42. The summed E-state index contributed by atoms with van der Waals surface area (Å²) in [7, 11) is 0. The highest BCUT2D eigenvalue weighted by atomic mass is 32.2. The molecule has 88 valence electrons. The second kappa shape index (κ2) is 7.12. The van der Waals surface area contributed by atoms with Gasteiger partial charge >= 0.3 is 5.97 Å². The van der Waals surface area contributed by atoms with Gasteiger partial charge in [-0.1, -0.05) is 13.8 Å². The van der Waals surface area contributed by atoms with E-state index in [-0.39, 0.29) is 5.97 Å². The first kappa shape index (κ1) is 12.8. The molecule has 0 aromatic carbocycles. The number of carbonyl (C=O) groups excluding carboxylic acids is 1. The van der Waals surface area contributed by atoms with Gasteiger partial charge in [-0.25, -0.2) is 0 Å². The van der Waals surface area contributed by atoms with Gasteiger partial charge in [0.05, 0.1) is 13.0 Å². The Labute approximate surface area is 96.3 Å². The van der Waals surface area contributed by atoms with Gasteiger partial charge in [0.1, 0.15) is 0 Å². The predicted molar refractivity (Wildman–Crippen MR) is 64.1 cm³/mol. The molecule has 15 heavy (non-hydrogen) atoms. The van der Waals surface area contributed by atoms with Gasteiger partial charge in [0, 0.05) is 24.1 Å². The van der Waals surface area contributed by atoms with Crippen LogP contribution < -0.4 is 5.32 Å². The Bertz CT molecular complexity index is 191. The summed E-state index contributed by atoms with van der Waals surface area (Å²) in [6.07, 6.45) is 1.48. The van der Waals surface area contributed by atoms with Crippen molar-refractivity contribution in [2.24, 2.45) is 5.92 Å².